The van der Waals surface area contributed by atoms with Crippen LogP contribution in [-0.2, 0) is 6.18 Å². The molecule has 152 valence electrons. The molecule has 0 fully saturated rings. The predicted molar refractivity (Wildman–Crippen MR) is 108 cm³/mol. The van der Waals surface area contributed by atoms with E-state index in [0.717, 1.165) is 17.1 Å². The molecule has 0 amide bonds. The summed E-state index contributed by atoms with van der Waals surface area (Å²) in [5.74, 6) is 0.00532. The van der Waals surface area contributed by atoms with E-state index in [1.165, 1.54) is 6.07 Å². The number of pyridine rings is 1. The van der Waals surface area contributed by atoms with Gasteiger partial charge >= 0.3 is 6.18 Å². The second-order valence-corrected chi connectivity index (χ2v) is 6.79. The van der Waals surface area contributed by atoms with Crippen LogP contribution in [0.4, 0.5) is 19.0 Å². The van der Waals surface area contributed by atoms with E-state index in [1.54, 1.807) is 18.3 Å². The number of nitrogens with one attached hydrogen (secondary N) is 1. The molecule has 2 aromatic carbocycles. The Morgan fingerprint density at radius 1 is 0.933 bits per heavy atom. The first kappa shape index (κ1) is 19.6. The molecule has 0 spiro atoms. The normalized spacial score (nSPS) is 12.7. The summed E-state index contributed by atoms with van der Waals surface area (Å²) in [6.07, 6.45) is -2.84. The number of rotatable bonds is 4. The number of halogens is 3. The van der Waals surface area contributed by atoms with Crippen LogP contribution in [0.15, 0.2) is 66.9 Å². The highest BCUT2D eigenvalue weighted by Crippen LogP contribution is 2.38. The molecule has 5 nitrogen and oxygen atoms in total. The summed E-state index contributed by atoms with van der Waals surface area (Å²) in [5.41, 5.74) is 0.375. The second-order valence-electron chi connectivity index (χ2n) is 6.79. The van der Waals surface area contributed by atoms with Crippen molar-refractivity contribution in [2.75, 3.05) is 5.32 Å². The lowest BCUT2D eigenvalue weighted by Crippen LogP contribution is -2.10. The molecular formula is C22H17F3N4O. The van der Waals surface area contributed by atoms with E-state index in [4.69, 9.17) is 0 Å². The van der Waals surface area contributed by atoms with Gasteiger partial charge in [-0.3, -0.25) is 4.98 Å². The smallest absolute Gasteiger partial charge is 0.416 e. The van der Waals surface area contributed by atoms with E-state index in [9.17, 15) is 18.3 Å². The Morgan fingerprint density at radius 3 is 2.33 bits per heavy atom. The van der Waals surface area contributed by atoms with Crippen molar-refractivity contribution >= 4 is 16.6 Å². The summed E-state index contributed by atoms with van der Waals surface area (Å²) in [7, 11) is 0. The van der Waals surface area contributed by atoms with Crippen LogP contribution in [-0.4, -0.2) is 20.3 Å². The Hall–Kier alpha value is -3.68. The fourth-order valence-electron chi connectivity index (χ4n) is 3.23. The molecular weight excluding hydrogens is 393 g/mol. The van der Waals surface area contributed by atoms with Gasteiger partial charge in [-0.1, -0.05) is 30.3 Å². The Kier molecular flexibility index (Phi) is 4.99. The molecule has 0 aliphatic rings. The van der Waals surface area contributed by atoms with Crippen LogP contribution in [0.5, 0.6) is 5.75 Å². The molecule has 2 N–H and O–H groups in total. The number of hydrogen-bond acceptors (Lipinski definition) is 5. The molecule has 4 aromatic rings. The van der Waals surface area contributed by atoms with Crippen molar-refractivity contribution in [3.05, 3.63) is 78.1 Å². The lowest BCUT2D eigenvalue weighted by molar-refractivity contribution is -0.137. The molecule has 0 aliphatic heterocycles. The van der Waals surface area contributed by atoms with Crippen LogP contribution >= 0.6 is 0 Å². The van der Waals surface area contributed by atoms with Crippen molar-refractivity contribution in [3.63, 3.8) is 0 Å². The highest BCUT2D eigenvalue weighted by atomic mass is 19.4. The van der Waals surface area contributed by atoms with Crippen molar-refractivity contribution in [2.45, 2.75) is 19.1 Å². The largest absolute Gasteiger partial charge is 0.507 e. The molecule has 2 aromatic heterocycles. The predicted octanol–water partition coefficient (Wildman–Crippen LogP) is 5.59. The number of nitrogens with zero attached hydrogens (tertiary/aromatic N) is 3. The first-order valence-electron chi connectivity index (χ1n) is 9.18. The van der Waals surface area contributed by atoms with Crippen LogP contribution in [0.2, 0.25) is 0 Å². The van der Waals surface area contributed by atoms with E-state index in [2.05, 4.69) is 20.5 Å². The first-order valence-corrected chi connectivity index (χ1v) is 9.18. The number of phenols is 1. The summed E-state index contributed by atoms with van der Waals surface area (Å²) in [6, 6.07) is 15.5. The average molecular weight is 410 g/mol. The summed E-state index contributed by atoms with van der Waals surface area (Å²) in [6.45, 7) is 1.94. The zero-order valence-electron chi connectivity index (χ0n) is 15.9. The van der Waals surface area contributed by atoms with Crippen molar-refractivity contribution in [1.82, 2.24) is 15.2 Å². The number of fused-ring (bicyclic) bond motifs is 1. The van der Waals surface area contributed by atoms with E-state index >= 15 is 0 Å². The van der Waals surface area contributed by atoms with Crippen molar-refractivity contribution in [2.24, 2.45) is 0 Å². The van der Waals surface area contributed by atoms with Crippen molar-refractivity contribution < 1.29 is 18.3 Å². The Morgan fingerprint density at radius 2 is 1.67 bits per heavy atom. The number of alkyl halides is 3. The average Bonchev–Trinajstić information content (AvgIpc) is 2.74. The fraction of sp³-hybridized carbons (Fsp3) is 0.136. The molecule has 4 rings (SSSR count). The van der Waals surface area contributed by atoms with Gasteiger partial charge in [-0.2, -0.15) is 13.2 Å². The summed E-state index contributed by atoms with van der Waals surface area (Å²) in [4.78, 5) is 4.32. The Bertz CT molecular complexity index is 1200. The number of aromatic nitrogens is 3. The minimum atomic E-state index is -4.54. The third-order valence-corrected chi connectivity index (χ3v) is 4.75. The van der Waals surface area contributed by atoms with Crippen LogP contribution in [0.1, 0.15) is 24.2 Å². The highest BCUT2D eigenvalue weighted by Gasteiger charge is 2.31. The lowest BCUT2D eigenvalue weighted by Gasteiger charge is -2.16. The maximum absolute atomic E-state index is 12.9. The van der Waals surface area contributed by atoms with Crippen LogP contribution in [0, 0.1) is 0 Å². The standard InChI is InChI=1S/C22H17F3N4O/c1-13(18-8-4-5-11-26-18)27-21-16-7-3-2-6-15(16)20(28-29-21)17-10-9-14(12-19(17)30)22(23,24)25/h2-13,30H,1H3,(H,27,29)/t13-/m0/s1. The summed E-state index contributed by atoms with van der Waals surface area (Å²) >= 11 is 0. The van der Waals surface area contributed by atoms with E-state index in [-0.39, 0.29) is 11.6 Å². The van der Waals surface area contributed by atoms with Gasteiger partial charge in [0.1, 0.15) is 11.4 Å². The maximum Gasteiger partial charge on any atom is 0.416 e. The number of anilines is 1. The zero-order chi connectivity index (χ0) is 21.3. The fourth-order valence-corrected chi connectivity index (χ4v) is 3.23. The highest BCUT2D eigenvalue weighted by molar-refractivity contribution is 6.00. The lowest BCUT2D eigenvalue weighted by atomic mass is 10.0. The van der Waals surface area contributed by atoms with Gasteiger partial charge < -0.3 is 10.4 Å². The first-order chi connectivity index (χ1) is 14.3. The van der Waals surface area contributed by atoms with E-state index in [0.29, 0.717) is 23.0 Å². The second kappa shape index (κ2) is 7.62. The number of benzene rings is 2. The van der Waals surface area contributed by atoms with Gasteiger partial charge in [0.15, 0.2) is 5.82 Å². The van der Waals surface area contributed by atoms with Gasteiger partial charge in [-0.25, -0.2) is 0 Å². The third-order valence-electron chi connectivity index (χ3n) is 4.75. The van der Waals surface area contributed by atoms with Crippen molar-refractivity contribution in [3.8, 4) is 17.0 Å². The Labute approximate surface area is 170 Å². The molecule has 0 aliphatic carbocycles. The SMILES string of the molecule is C[C@H](Nc1nnc(-c2ccc(C(F)(F)F)cc2O)c2ccccc12)c1ccccn1. The molecule has 0 saturated carbocycles. The topological polar surface area (TPSA) is 70.9 Å². The molecule has 0 radical (unpaired) electrons. The molecule has 8 heteroatoms. The molecule has 30 heavy (non-hydrogen) atoms. The van der Waals surface area contributed by atoms with Gasteiger partial charge in [0.05, 0.1) is 17.3 Å². The van der Waals surface area contributed by atoms with Gasteiger partial charge in [0, 0.05) is 22.5 Å². The van der Waals surface area contributed by atoms with E-state index in [1.807, 2.05) is 37.3 Å². The minimum Gasteiger partial charge on any atom is -0.507 e. The summed E-state index contributed by atoms with van der Waals surface area (Å²) in [5, 5.41) is 23.3. The van der Waals surface area contributed by atoms with Gasteiger partial charge in [-0.15, -0.1) is 10.2 Å². The number of aromatic hydroxyl groups is 1. The summed E-state index contributed by atoms with van der Waals surface area (Å²) < 4.78 is 38.8. The quantitative estimate of drug-likeness (QED) is 0.459. The van der Waals surface area contributed by atoms with Gasteiger partial charge in [0.25, 0.3) is 0 Å². The molecule has 1 atom stereocenters. The van der Waals surface area contributed by atoms with Gasteiger partial charge in [0.2, 0.25) is 0 Å². The van der Waals surface area contributed by atoms with E-state index < -0.39 is 17.5 Å². The minimum absolute atomic E-state index is 0.144. The molecule has 2 heterocycles. The maximum atomic E-state index is 12.9. The van der Waals surface area contributed by atoms with Crippen molar-refractivity contribution in [1.29, 1.82) is 0 Å². The monoisotopic (exact) mass is 410 g/mol. The molecule has 0 saturated heterocycles. The Balaban J connectivity index is 1.77. The number of hydrogen-bond donors (Lipinski definition) is 2. The molecule has 0 unspecified atom stereocenters. The number of phenolic OH excluding ortho intramolecular Hbond substituents is 1. The van der Waals surface area contributed by atoms with Crippen LogP contribution in [0.3, 0.4) is 0 Å². The molecule has 0 bridgehead atoms. The van der Waals surface area contributed by atoms with Crippen LogP contribution < -0.4 is 5.32 Å². The zero-order valence-corrected chi connectivity index (χ0v) is 15.9. The van der Waals surface area contributed by atoms with Crippen LogP contribution in [0.25, 0.3) is 22.0 Å². The van der Waals surface area contributed by atoms with Gasteiger partial charge in [-0.05, 0) is 37.3 Å². The third kappa shape index (κ3) is 3.76.